The van der Waals surface area contributed by atoms with Gasteiger partial charge in [0.2, 0.25) is 0 Å². The van der Waals surface area contributed by atoms with E-state index >= 15 is 0 Å². The van der Waals surface area contributed by atoms with E-state index in [0.717, 1.165) is 23.6 Å². The van der Waals surface area contributed by atoms with E-state index in [2.05, 4.69) is 32.6 Å². The molecule has 198 valence electrons. The summed E-state index contributed by atoms with van der Waals surface area (Å²) in [5, 5.41) is 5.90. The summed E-state index contributed by atoms with van der Waals surface area (Å²) in [5.41, 5.74) is 6.13. The number of carbonyl (C=O) groups is 2. The van der Waals surface area contributed by atoms with Gasteiger partial charge >= 0.3 is 5.97 Å². The molecule has 1 aliphatic rings. The van der Waals surface area contributed by atoms with E-state index < -0.39 is 18.5 Å². The number of rotatable bonds is 13. The summed E-state index contributed by atoms with van der Waals surface area (Å²) in [6.45, 7) is 7.13. The van der Waals surface area contributed by atoms with Crippen LogP contribution in [-0.4, -0.2) is 66.8 Å². The van der Waals surface area contributed by atoms with Crippen molar-refractivity contribution in [1.82, 2.24) is 15.4 Å². The summed E-state index contributed by atoms with van der Waals surface area (Å²) in [6.07, 6.45) is 5.91. The molecule has 0 bridgehead atoms. The summed E-state index contributed by atoms with van der Waals surface area (Å²) in [6, 6.07) is 18.0. The van der Waals surface area contributed by atoms with Gasteiger partial charge in [0.05, 0.1) is 12.3 Å². The van der Waals surface area contributed by atoms with Crippen molar-refractivity contribution in [3.63, 3.8) is 0 Å². The highest BCUT2D eigenvalue weighted by Gasteiger charge is 2.10. The molecule has 37 heavy (non-hydrogen) atoms. The van der Waals surface area contributed by atoms with Crippen LogP contribution in [0.15, 0.2) is 64.7 Å². The van der Waals surface area contributed by atoms with Crippen LogP contribution in [0.2, 0.25) is 0 Å². The fraction of sp³-hybridized carbons (Fsp3) is 0.429. The first-order valence-corrected chi connectivity index (χ1v) is 12.8. The Labute approximate surface area is 219 Å². The predicted octanol–water partition coefficient (Wildman–Crippen LogP) is 3.79. The van der Waals surface area contributed by atoms with Crippen molar-refractivity contribution >= 4 is 23.9 Å². The first kappa shape index (κ1) is 28.0. The van der Waals surface area contributed by atoms with Gasteiger partial charge in [-0.3, -0.25) is 14.5 Å². The second-order valence-corrected chi connectivity index (χ2v) is 8.91. The molecule has 0 radical (unpaired) electrons. The molecule has 0 saturated carbocycles. The molecule has 0 aromatic heterocycles. The fourth-order valence-electron chi connectivity index (χ4n) is 3.84. The monoisotopic (exact) mass is 507 g/mol. The van der Waals surface area contributed by atoms with Crippen LogP contribution in [-0.2, 0) is 20.9 Å². The van der Waals surface area contributed by atoms with Crippen molar-refractivity contribution in [2.45, 2.75) is 46.1 Å². The quantitative estimate of drug-likeness (QED) is 0.145. The number of amides is 1. The van der Waals surface area contributed by atoms with Crippen molar-refractivity contribution < 1.29 is 19.1 Å². The largest absolute Gasteiger partial charge is 0.494 e. The number of hydrazine groups is 1. The first-order chi connectivity index (χ1) is 18.0. The maximum Gasteiger partial charge on any atom is 0.303 e. The number of aliphatic imine (C=N–C) groups is 1. The van der Waals surface area contributed by atoms with Crippen LogP contribution >= 0.6 is 0 Å². The Hall–Kier alpha value is -3.56. The lowest BCUT2D eigenvalue weighted by molar-refractivity contribution is -0.145. The van der Waals surface area contributed by atoms with Gasteiger partial charge in [-0.2, -0.15) is 15.2 Å². The summed E-state index contributed by atoms with van der Waals surface area (Å²) < 4.78 is 10.6. The van der Waals surface area contributed by atoms with E-state index in [4.69, 9.17) is 9.47 Å². The molecule has 9 heteroatoms. The van der Waals surface area contributed by atoms with Crippen LogP contribution in [0.25, 0.3) is 0 Å². The standard InChI is InChI=1S/C28H37N5O4/c1-23(26-10-5-3-6-11-26)31-33(22-29-28(35)21-37-24(2)34)30-16-9-19-36-27-14-12-25(13-15-27)20-32-17-7-4-8-18-32/h3,5-6,10-15,22,30H,4,7-9,16-21H2,1-2H3/b29-22?,31-23+. The molecule has 1 fully saturated rings. The van der Waals surface area contributed by atoms with Crippen molar-refractivity contribution in [2.75, 3.05) is 32.8 Å². The van der Waals surface area contributed by atoms with E-state index in [1.165, 1.54) is 56.3 Å². The fourth-order valence-corrected chi connectivity index (χ4v) is 3.84. The Kier molecular flexibility index (Phi) is 11.8. The van der Waals surface area contributed by atoms with Gasteiger partial charge < -0.3 is 9.47 Å². The molecule has 0 aliphatic carbocycles. The number of ether oxygens (including phenoxy) is 2. The lowest BCUT2D eigenvalue weighted by atomic mass is 10.1. The predicted molar refractivity (Wildman–Crippen MR) is 144 cm³/mol. The van der Waals surface area contributed by atoms with Crippen molar-refractivity contribution in [3.05, 3.63) is 65.7 Å². The second-order valence-electron chi connectivity index (χ2n) is 8.91. The molecule has 0 spiro atoms. The van der Waals surface area contributed by atoms with Crippen molar-refractivity contribution in [3.8, 4) is 5.75 Å². The number of carbonyl (C=O) groups excluding carboxylic acids is 2. The summed E-state index contributed by atoms with van der Waals surface area (Å²) in [7, 11) is 0. The number of benzene rings is 2. The highest BCUT2D eigenvalue weighted by atomic mass is 16.5. The minimum atomic E-state index is -0.582. The molecule has 0 unspecified atom stereocenters. The number of hydrogen-bond acceptors (Lipinski definition) is 7. The molecule has 0 atom stereocenters. The molecule has 3 rings (SSSR count). The maximum absolute atomic E-state index is 11.9. The van der Waals surface area contributed by atoms with Crippen LogP contribution in [0.1, 0.15) is 50.7 Å². The van der Waals surface area contributed by atoms with Crippen molar-refractivity contribution in [2.24, 2.45) is 10.1 Å². The van der Waals surface area contributed by atoms with Gasteiger partial charge in [-0.1, -0.05) is 48.9 Å². The maximum atomic E-state index is 11.9. The van der Waals surface area contributed by atoms with Crippen LogP contribution < -0.4 is 10.2 Å². The first-order valence-electron chi connectivity index (χ1n) is 12.8. The summed E-state index contributed by atoms with van der Waals surface area (Å²) >= 11 is 0. The number of piperidine rings is 1. The third kappa shape index (κ3) is 10.9. The molecule has 9 nitrogen and oxygen atoms in total. The summed E-state index contributed by atoms with van der Waals surface area (Å²) in [4.78, 5) is 29.1. The number of nitrogens with zero attached hydrogens (tertiary/aromatic N) is 4. The molecule has 1 heterocycles. The number of likely N-dealkylation sites (tertiary alicyclic amines) is 1. The normalized spacial score (nSPS) is 14.5. The number of hydrazone groups is 1. The molecule has 2 aromatic rings. The van der Waals surface area contributed by atoms with Gasteiger partial charge in [0, 0.05) is 20.0 Å². The topological polar surface area (TPSA) is 95.8 Å². The van der Waals surface area contributed by atoms with Crippen molar-refractivity contribution in [1.29, 1.82) is 0 Å². The lowest BCUT2D eigenvalue weighted by Crippen LogP contribution is -2.35. The zero-order valence-electron chi connectivity index (χ0n) is 21.8. The molecule has 1 amide bonds. The number of hydrogen-bond donors (Lipinski definition) is 1. The zero-order valence-corrected chi connectivity index (χ0v) is 21.8. The van der Waals surface area contributed by atoms with E-state index in [-0.39, 0.29) is 0 Å². The minimum absolute atomic E-state index is 0.411. The van der Waals surface area contributed by atoms with Gasteiger partial charge in [0.15, 0.2) is 6.61 Å². The lowest BCUT2D eigenvalue weighted by Gasteiger charge is -2.26. The minimum Gasteiger partial charge on any atom is -0.494 e. The van der Waals surface area contributed by atoms with E-state index in [0.29, 0.717) is 19.6 Å². The van der Waals surface area contributed by atoms with Gasteiger partial charge in [0.25, 0.3) is 5.91 Å². The van der Waals surface area contributed by atoms with Gasteiger partial charge in [-0.15, -0.1) is 0 Å². The Balaban J connectivity index is 1.46. The molecular weight excluding hydrogens is 470 g/mol. The van der Waals surface area contributed by atoms with Gasteiger partial charge in [-0.05, 0) is 62.5 Å². The van der Waals surface area contributed by atoms with Gasteiger partial charge in [-0.25, -0.2) is 5.43 Å². The Bertz CT molecular complexity index is 1030. The Morgan fingerprint density at radius 2 is 1.76 bits per heavy atom. The second kappa shape index (κ2) is 15.5. The molecule has 1 saturated heterocycles. The van der Waals surface area contributed by atoms with Crippen LogP contribution in [0.5, 0.6) is 5.75 Å². The van der Waals surface area contributed by atoms with E-state index in [9.17, 15) is 9.59 Å². The van der Waals surface area contributed by atoms with E-state index in [1.807, 2.05) is 49.4 Å². The Morgan fingerprint density at radius 3 is 2.46 bits per heavy atom. The summed E-state index contributed by atoms with van der Waals surface area (Å²) in [5.74, 6) is -0.274. The molecule has 1 aliphatic heterocycles. The number of esters is 1. The van der Waals surface area contributed by atoms with Crippen LogP contribution in [0, 0.1) is 0 Å². The van der Waals surface area contributed by atoms with Crippen LogP contribution in [0.3, 0.4) is 0 Å². The molecular formula is C28H37N5O4. The highest BCUT2D eigenvalue weighted by molar-refractivity contribution is 5.99. The third-order valence-corrected chi connectivity index (χ3v) is 5.80. The average molecular weight is 508 g/mol. The SMILES string of the molecule is CC(=O)OCC(=O)N=CN(/N=C(\C)c1ccccc1)NCCCOc1ccc(CN2CCCCC2)cc1. The van der Waals surface area contributed by atoms with Crippen LogP contribution in [0.4, 0.5) is 0 Å². The molecule has 1 N–H and O–H groups in total. The number of nitrogens with one attached hydrogen (secondary N) is 1. The Morgan fingerprint density at radius 1 is 1.03 bits per heavy atom. The highest BCUT2D eigenvalue weighted by Crippen LogP contribution is 2.16. The molecule has 2 aromatic carbocycles. The zero-order chi connectivity index (χ0) is 26.3. The van der Waals surface area contributed by atoms with Gasteiger partial charge in [0.1, 0.15) is 12.1 Å². The third-order valence-electron chi connectivity index (χ3n) is 5.80. The smallest absolute Gasteiger partial charge is 0.303 e. The average Bonchev–Trinajstić information content (AvgIpc) is 2.92. The van der Waals surface area contributed by atoms with E-state index in [1.54, 1.807) is 0 Å².